The van der Waals surface area contributed by atoms with E-state index < -0.39 is 31.0 Å². The molecular weight excluding hydrogens is 338 g/mol. The van der Waals surface area contributed by atoms with Crippen molar-refractivity contribution in [3.63, 3.8) is 0 Å². The average Bonchev–Trinajstić information content (AvgIpc) is 2.92. The third-order valence-electron chi connectivity index (χ3n) is 4.93. The predicted octanol–water partition coefficient (Wildman–Crippen LogP) is -0.435. The topological polar surface area (TPSA) is 111 Å². The van der Waals surface area contributed by atoms with E-state index in [1.54, 1.807) is 4.68 Å². The molecule has 4 atom stereocenters. The van der Waals surface area contributed by atoms with Gasteiger partial charge in [0.1, 0.15) is 18.3 Å². The van der Waals surface area contributed by atoms with Gasteiger partial charge in [0.05, 0.1) is 18.4 Å². The first-order chi connectivity index (χ1) is 12.4. The summed E-state index contributed by atoms with van der Waals surface area (Å²) in [6.45, 7) is 3.53. The van der Waals surface area contributed by atoms with Gasteiger partial charge in [-0.1, -0.05) is 12.8 Å². The Labute approximate surface area is 155 Å². The zero-order valence-corrected chi connectivity index (χ0v) is 15.8. The Bertz CT molecular complexity index is 539. The lowest BCUT2D eigenvalue weighted by Gasteiger charge is -2.33. The van der Waals surface area contributed by atoms with Crippen LogP contribution in [0.1, 0.15) is 36.9 Å². The first kappa shape index (κ1) is 21.3. The second-order valence-corrected chi connectivity index (χ2v) is 7.21. The zero-order chi connectivity index (χ0) is 19.1. The summed E-state index contributed by atoms with van der Waals surface area (Å²) >= 11 is 0. The van der Waals surface area contributed by atoms with E-state index in [0.717, 1.165) is 43.5 Å². The van der Waals surface area contributed by atoms with Gasteiger partial charge in [-0.05, 0) is 26.3 Å². The van der Waals surface area contributed by atoms with E-state index in [0.29, 0.717) is 13.2 Å². The maximum Gasteiger partial charge on any atom is 0.114 e. The van der Waals surface area contributed by atoms with Gasteiger partial charge in [-0.15, -0.1) is 0 Å². The molecule has 0 amide bonds. The molecule has 2 rings (SSSR count). The van der Waals surface area contributed by atoms with E-state index in [4.69, 9.17) is 4.74 Å². The van der Waals surface area contributed by atoms with Crippen molar-refractivity contribution in [2.45, 2.75) is 63.6 Å². The number of aliphatic hydroxyl groups is 4. The first-order valence-electron chi connectivity index (χ1n) is 9.40. The summed E-state index contributed by atoms with van der Waals surface area (Å²) in [6, 6.07) is 0. The SMILES string of the molecule is Cc1nn(C)cc1CN1CCCCCCO[C@H]([C@H](O)CO)[C@H](O)[C@@H](O)C1. The summed E-state index contributed by atoms with van der Waals surface area (Å²) in [5, 5.41) is 44.5. The Balaban J connectivity index is 2.09. The minimum atomic E-state index is -1.27. The minimum Gasteiger partial charge on any atom is -0.394 e. The minimum absolute atomic E-state index is 0.257. The van der Waals surface area contributed by atoms with Crippen LogP contribution in [-0.2, 0) is 18.3 Å². The van der Waals surface area contributed by atoms with Crippen LogP contribution in [0.4, 0.5) is 0 Å². The standard InChI is InChI=1S/C18H33N3O5/c1-13-14(9-20(2)19-13)10-21-7-5-3-4-6-8-26-18(16(24)12-22)17(25)15(23)11-21/h9,15-18,22-25H,3-8,10-12H2,1-2H3/t15-,16+,17+,18+/m0/s1. The highest BCUT2D eigenvalue weighted by Crippen LogP contribution is 2.16. The van der Waals surface area contributed by atoms with E-state index in [-0.39, 0.29) is 6.54 Å². The molecular formula is C18H33N3O5. The Kier molecular flexibility index (Phi) is 8.46. The Morgan fingerprint density at radius 2 is 2.00 bits per heavy atom. The van der Waals surface area contributed by atoms with Crippen LogP contribution in [0, 0.1) is 6.92 Å². The molecule has 8 heteroatoms. The molecule has 1 aliphatic rings. The Hall–Kier alpha value is -1.03. The van der Waals surface area contributed by atoms with E-state index in [9.17, 15) is 20.4 Å². The van der Waals surface area contributed by atoms with Gasteiger partial charge in [-0.2, -0.15) is 5.10 Å². The maximum absolute atomic E-state index is 10.5. The molecule has 1 aromatic heterocycles. The molecule has 1 saturated heterocycles. The average molecular weight is 371 g/mol. The molecule has 0 unspecified atom stereocenters. The molecule has 1 aliphatic heterocycles. The monoisotopic (exact) mass is 371 g/mol. The summed E-state index contributed by atoms with van der Waals surface area (Å²) in [7, 11) is 1.88. The largest absolute Gasteiger partial charge is 0.394 e. The van der Waals surface area contributed by atoms with Gasteiger partial charge in [-0.3, -0.25) is 9.58 Å². The number of aromatic nitrogens is 2. The summed E-state index contributed by atoms with van der Waals surface area (Å²) in [5.74, 6) is 0. The molecule has 1 fully saturated rings. The molecule has 26 heavy (non-hydrogen) atoms. The van der Waals surface area contributed by atoms with Gasteiger partial charge in [0, 0.05) is 38.5 Å². The smallest absolute Gasteiger partial charge is 0.114 e. The Morgan fingerprint density at radius 1 is 1.27 bits per heavy atom. The van der Waals surface area contributed by atoms with Crippen molar-refractivity contribution in [3.05, 3.63) is 17.5 Å². The highest BCUT2D eigenvalue weighted by atomic mass is 16.5. The Morgan fingerprint density at radius 3 is 2.65 bits per heavy atom. The van der Waals surface area contributed by atoms with Gasteiger partial charge >= 0.3 is 0 Å². The van der Waals surface area contributed by atoms with Crippen molar-refractivity contribution >= 4 is 0 Å². The number of β-amino-alcohol motifs (C(OH)–C–C–N with tert-alkyl or cyclic N) is 1. The van der Waals surface area contributed by atoms with Crippen LogP contribution in [0.2, 0.25) is 0 Å². The number of aryl methyl sites for hydroxylation is 2. The predicted molar refractivity (Wildman–Crippen MR) is 96.5 cm³/mol. The van der Waals surface area contributed by atoms with Gasteiger partial charge < -0.3 is 25.2 Å². The summed E-state index contributed by atoms with van der Waals surface area (Å²) < 4.78 is 7.35. The molecule has 0 saturated carbocycles. The highest BCUT2D eigenvalue weighted by molar-refractivity contribution is 5.15. The molecule has 0 bridgehead atoms. The van der Waals surface area contributed by atoms with Gasteiger partial charge in [-0.25, -0.2) is 0 Å². The van der Waals surface area contributed by atoms with Crippen LogP contribution in [0.5, 0.6) is 0 Å². The quantitative estimate of drug-likeness (QED) is 0.568. The number of hydrogen-bond acceptors (Lipinski definition) is 7. The third-order valence-corrected chi connectivity index (χ3v) is 4.93. The summed E-state index contributed by atoms with van der Waals surface area (Å²) in [5.41, 5.74) is 2.04. The fourth-order valence-electron chi connectivity index (χ4n) is 3.42. The van der Waals surface area contributed by atoms with Crippen LogP contribution >= 0.6 is 0 Å². The van der Waals surface area contributed by atoms with Crippen molar-refractivity contribution in [2.75, 3.05) is 26.3 Å². The molecule has 2 heterocycles. The van der Waals surface area contributed by atoms with E-state index in [1.165, 1.54) is 0 Å². The number of hydrogen-bond donors (Lipinski definition) is 4. The van der Waals surface area contributed by atoms with Crippen LogP contribution in [0.3, 0.4) is 0 Å². The van der Waals surface area contributed by atoms with Crippen molar-refractivity contribution in [1.82, 2.24) is 14.7 Å². The highest BCUT2D eigenvalue weighted by Gasteiger charge is 2.33. The van der Waals surface area contributed by atoms with Crippen molar-refractivity contribution in [1.29, 1.82) is 0 Å². The maximum atomic E-state index is 10.5. The summed E-state index contributed by atoms with van der Waals surface area (Å²) in [6.07, 6.45) is 1.26. The fraction of sp³-hybridized carbons (Fsp3) is 0.833. The van der Waals surface area contributed by atoms with E-state index in [1.807, 2.05) is 20.2 Å². The fourth-order valence-corrected chi connectivity index (χ4v) is 3.42. The molecule has 0 aliphatic carbocycles. The van der Waals surface area contributed by atoms with Gasteiger partial charge in [0.25, 0.3) is 0 Å². The molecule has 8 nitrogen and oxygen atoms in total. The third kappa shape index (κ3) is 6.00. The lowest BCUT2D eigenvalue weighted by Crippen LogP contribution is -2.51. The van der Waals surface area contributed by atoms with Gasteiger partial charge in [0.2, 0.25) is 0 Å². The van der Waals surface area contributed by atoms with E-state index in [2.05, 4.69) is 10.00 Å². The lowest BCUT2D eigenvalue weighted by molar-refractivity contribution is -0.147. The lowest BCUT2D eigenvalue weighted by atomic mass is 10.0. The first-order valence-corrected chi connectivity index (χ1v) is 9.40. The number of nitrogens with zero attached hydrogens (tertiary/aromatic N) is 3. The molecule has 4 N–H and O–H groups in total. The molecule has 0 radical (unpaired) electrons. The summed E-state index contributed by atoms with van der Waals surface area (Å²) in [4.78, 5) is 2.10. The molecule has 150 valence electrons. The normalized spacial score (nSPS) is 28.3. The van der Waals surface area contributed by atoms with Crippen molar-refractivity contribution in [3.8, 4) is 0 Å². The van der Waals surface area contributed by atoms with Crippen molar-refractivity contribution < 1.29 is 25.2 Å². The van der Waals surface area contributed by atoms with Crippen LogP contribution in [0.25, 0.3) is 0 Å². The van der Waals surface area contributed by atoms with Crippen LogP contribution in [0.15, 0.2) is 6.20 Å². The second-order valence-electron chi connectivity index (χ2n) is 7.21. The van der Waals surface area contributed by atoms with Crippen molar-refractivity contribution in [2.24, 2.45) is 7.05 Å². The van der Waals surface area contributed by atoms with Crippen LogP contribution < -0.4 is 0 Å². The zero-order valence-electron chi connectivity index (χ0n) is 15.8. The second kappa shape index (κ2) is 10.3. The van der Waals surface area contributed by atoms with E-state index >= 15 is 0 Å². The van der Waals surface area contributed by atoms with Gasteiger partial charge in [0.15, 0.2) is 0 Å². The molecule has 0 spiro atoms. The van der Waals surface area contributed by atoms with Crippen LogP contribution in [-0.4, -0.2) is 85.8 Å². The number of ether oxygens (including phenoxy) is 1. The molecule has 1 aromatic rings. The number of rotatable bonds is 4. The molecule has 0 aromatic carbocycles. The number of aliphatic hydroxyl groups excluding tert-OH is 4.